The molecule has 0 bridgehead atoms. The van der Waals surface area contributed by atoms with Crippen LogP contribution in [0.15, 0.2) is 18.2 Å². The van der Waals surface area contributed by atoms with Crippen LogP contribution in [0, 0.1) is 0 Å². The van der Waals surface area contributed by atoms with E-state index in [1.165, 1.54) is 13.1 Å². The number of amides is 2. The van der Waals surface area contributed by atoms with Crippen LogP contribution in [0.1, 0.15) is 16.8 Å². The summed E-state index contributed by atoms with van der Waals surface area (Å²) < 4.78 is 0. The van der Waals surface area contributed by atoms with E-state index in [0.29, 0.717) is 16.3 Å². The average Bonchev–Trinajstić information content (AvgIpc) is 2.31. The second-order valence-corrected chi connectivity index (χ2v) is 4.05. The van der Waals surface area contributed by atoms with Crippen LogP contribution in [0.4, 0.5) is 5.69 Å². The van der Waals surface area contributed by atoms with Gasteiger partial charge in [0, 0.05) is 24.9 Å². The molecule has 0 spiro atoms. The fraction of sp³-hybridized carbons (Fsp3) is 0.273. The fourth-order valence-corrected chi connectivity index (χ4v) is 1.54. The Labute approximate surface area is 109 Å². The van der Waals surface area contributed by atoms with Crippen LogP contribution in [0.3, 0.4) is 0 Å². The van der Waals surface area contributed by atoms with E-state index in [0.717, 1.165) is 0 Å². The molecule has 0 aliphatic heterocycles. The van der Waals surface area contributed by atoms with Gasteiger partial charge >= 0.3 is 0 Å². The lowest BCUT2D eigenvalue weighted by Gasteiger charge is -2.08. The van der Waals surface area contributed by atoms with Crippen LogP contribution < -0.4 is 10.6 Å². The quantitative estimate of drug-likeness (QED) is 0.828. The first kappa shape index (κ1) is 13.8. The molecule has 17 heavy (non-hydrogen) atoms. The van der Waals surface area contributed by atoms with Crippen molar-refractivity contribution >= 4 is 40.7 Å². The predicted octanol–water partition coefficient (Wildman–Crippen LogP) is 2.27. The molecule has 2 amide bonds. The minimum absolute atomic E-state index is 0.197. The number of hydrogen-bond donors (Lipinski definition) is 2. The molecule has 0 heterocycles. The Bertz CT molecular complexity index is 435. The van der Waals surface area contributed by atoms with E-state index in [1.807, 2.05) is 0 Å². The molecule has 92 valence electrons. The van der Waals surface area contributed by atoms with Gasteiger partial charge in [0.25, 0.3) is 5.91 Å². The molecule has 6 heteroatoms. The van der Waals surface area contributed by atoms with Crippen molar-refractivity contribution in [2.24, 2.45) is 0 Å². The highest BCUT2D eigenvalue weighted by Gasteiger charge is 2.09. The molecular formula is C11H12Cl2N2O2. The number of benzene rings is 1. The van der Waals surface area contributed by atoms with E-state index >= 15 is 0 Å². The smallest absolute Gasteiger partial charge is 0.251 e. The van der Waals surface area contributed by atoms with Crippen LogP contribution >= 0.6 is 23.2 Å². The monoisotopic (exact) mass is 274 g/mol. The standard InChI is InChI=1S/C11H12Cl2N2O2/c1-14-11(17)7-2-3-8(13)9(6-7)15-10(16)4-5-12/h2-3,6H,4-5H2,1H3,(H,14,17)(H,15,16). The third kappa shape index (κ3) is 3.91. The lowest BCUT2D eigenvalue weighted by Crippen LogP contribution is -2.18. The van der Waals surface area contributed by atoms with Crippen LogP contribution in [-0.2, 0) is 4.79 Å². The highest BCUT2D eigenvalue weighted by molar-refractivity contribution is 6.34. The summed E-state index contributed by atoms with van der Waals surface area (Å²) in [5.41, 5.74) is 0.834. The van der Waals surface area contributed by atoms with Crippen molar-refractivity contribution in [3.63, 3.8) is 0 Å². The lowest BCUT2D eigenvalue weighted by molar-refractivity contribution is -0.115. The maximum absolute atomic E-state index is 11.4. The summed E-state index contributed by atoms with van der Waals surface area (Å²) in [6.45, 7) is 0. The molecular weight excluding hydrogens is 263 g/mol. The molecule has 0 saturated heterocycles. The molecule has 0 aliphatic rings. The van der Waals surface area contributed by atoms with Crippen LogP contribution in [0.5, 0.6) is 0 Å². The normalized spacial score (nSPS) is 9.82. The first-order chi connectivity index (χ1) is 8.08. The molecule has 1 rings (SSSR count). The molecule has 0 unspecified atom stereocenters. The molecule has 2 N–H and O–H groups in total. The first-order valence-electron chi connectivity index (χ1n) is 4.96. The van der Waals surface area contributed by atoms with Gasteiger partial charge in [-0.25, -0.2) is 0 Å². The average molecular weight is 275 g/mol. The van der Waals surface area contributed by atoms with Gasteiger partial charge in [0.2, 0.25) is 5.91 Å². The fourth-order valence-electron chi connectivity index (χ4n) is 1.21. The molecule has 0 aliphatic carbocycles. The summed E-state index contributed by atoms with van der Waals surface area (Å²) in [5.74, 6) is -0.246. The number of rotatable bonds is 4. The Morgan fingerprint density at radius 3 is 2.65 bits per heavy atom. The highest BCUT2D eigenvalue weighted by Crippen LogP contribution is 2.23. The van der Waals surface area contributed by atoms with Gasteiger partial charge in [0.05, 0.1) is 10.7 Å². The summed E-state index contributed by atoms with van der Waals surface area (Å²) in [4.78, 5) is 22.8. The Kier molecular flexibility index (Phi) is 5.25. The number of hydrogen-bond acceptors (Lipinski definition) is 2. The number of carbonyl (C=O) groups is 2. The molecule has 1 aromatic carbocycles. The van der Waals surface area contributed by atoms with E-state index in [-0.39, 0.29) is 24.1 Å². The Hall–Kier alpha value is -1.26. The van der Waals surface area contributed by atoms with Gasteiger partial charge < -0.3 is 10.6 Å². The van der Waals surface area contributed by atoms with Crippen molar-refractivity contribution in [3.05, 3.63) is 28.8 Å². The molecule has 1 aromatic rings. The third-order valence-electron chi connectivity index (χ3n) is 2.05. The lowest BCUT2D eigenvalue weighted by atomic mass is 10.2. The zero-order chi connectivity index (χ0) is 12.8. The van der Waals surface area contributed by atoms with Crippen molar-refractivity contribution in [2.45, 2.75) is 6.42 Å². The summed E-state index contributed by atoms with van der Waals surface area (Å²) in [6.07, 6.45) is 0.197. The number of nitrogens with one attached hydrogen (secondary N) is 2. The summed E-state index contributed by atoms with van der Waals surface area (Å²) in [6, 6.07) is 4.66. The van der Waals surface area contributed by atoms with Gasteiger partial charge in [-0.15, -0.1) is 11.6 Å². The van der Waals surface area contributed by atoms with E-state index < -0.39 is 0 Å². The second kappa shape index (κ2) is 6.47. The van der Waals surface area contributed by atoms with Gasteiger partial charge in [-0.1, -0.05) is 11.6 Å². The Morgan fingerprint density at radius 2 is 2.06 bits per heavy atom. The zero-order valence-electron chi connectivity index (χ0n) is 9.22. The van der Waals surface area contributed by atoms with Gasteiger partial charge in [0.15, 0.2) is 0 Å². The summed E-state index contributed by atoms with van der Waals surface area (Å²) >= 11 is 11.4. The SMILES string of the molecule is CNC(=O)c1ccc(Cl)c(NC(=O)CCCl)c1. The summed E-state index contributed by atoms with van der Waals surface area (Å²) in [7, 11) is 1.53. The van der Waals surface area contributed by atoms with Crippen LogP contribution in [-0.4, -0.2) is 24.7 Å². The van der Waals surface area contributed by atoms with E-state index in [9.17, 15) is 9.59 Å². The van der Waals surface area contributed by atoms with E-state index in [4.69, 9.17) is 23.2 Å². The number of alkyl halides is 1. The van der Waals surface area contributed by atoms with Crippen molar-refractivity contribution in [3.8, 4) is 0 Å². The topological polar surface area (TPSA) is 58.2 Å². The molecule has 0 saturated carbocycles. The van der Waals surface area contributed by atoms with Crippen molar-refractivity contribution in [1.82, 2.24) is 5.32 Å². The first-order valence-corrected chi connectivity index (χ1v) is 5.87. The molecule has 0 fully saturated rings. The molecule has 4 nitrogen and oxygen atoms in total. The minimum atomic E-state index is -0.241. The van der Waals surface area contributed by atoms with E-state index in [2.05, 4.69) is 10.6 Å². The molecule has 0 aromatic heterocycles. The summed E-state index contributed by atoms with van der Waals surface area (Å²) in [5, 5.41) is 5.46. The van der Waals surface area contributed by atoms with Crippen molar-refractivity contribution in [2.75, 3.05) is 18.2 Å². The highest BCUT2D eigenvalue weighted by atomic mass is 35.5. The van der Waals surface area contributed by atoms with Crippen LogP contribution in [0.25, 0.3) is 0 Å². The Morgan fingerprint density at radius 1 is 1.35 bits per heavy atom. The van der Waals surface area contributed by atoms with Gasteiger partial charge in [-0.2, -0.15) is 0 Å². The number of carbonyl (C=O) groups excluding carboxylic acids is 2. The molecule has 0 atom stereocenters. The minimum Gasteiger partial charge on any atom is -0.355 e. The van der Waals surface area contributed by atoms with Crippen molar-refractivity contribution < 1.29 is 9.59 Å². The number of halogens is 2. The zero-order valence-corrected chi connectivity index (χ0v) is 10.7. The maximum atomic E-state index is 11.4. The van der Waals surface area contributed by atoms with E-state index in [1.54, 1.807) is 12.1 Å². The van der Waals surface area contributed by atoms with Gasteiger partial charge in [-0.05, 0) is 18.2 Å². The Balaban J connectivity index is 2.90. The largest absolute Gasteiger partial charge is 0.355 e. The number of anilines is 1. The molecule has 0 radical (unpaired) electrons. The van der Waals surface area contributed by atoms with Crippen molar-refractivity contribution in [1.29, 1.82) is 0 Å². The van der Waals surface area contributed by atoms with Gasteiger partial charge in [-0.3, -0.25) is 9.59 Å². The van der Waals surface area contributed by atoms with Gasteiger partial charge in [0.1, 0.15) is 0 Å². The predicted molar refractivity (Wildman–Crippen MR) is 68.8 cm³/mol. The second-order valence-electron chi connectivity index (χ2n) is 3.26. The van der Waals surface area contributed by atoms with Crippen LogP contribution in [0.2, 0.25) is 5.02 Å². The maximum Gasteiger partial charge on any atom is 0.251 e. The third-order valence-corrected chi connectivity index (χ3v) is 2.57.